The average Bonchev–Trinajstić information content (AvgIpc) is 2.05. The van der Waals surface area contributed by atoms with E-state index in [2.05, 4.69) is 33.8 Å². The zero-order chi connectivity index (χ0) is 10.0. The van der Waals surface area contributed by atoms with Crippen molar-refractivity contribution in [3.63, 3.8) is 0 Å². The Labute approximate surface area is 81.9 Å². The third-order valence-electron chi connectivity index (χ3n) is 3.39. The lowest BCUT2D eigenvalue weighted by atomic mass is 9.72. The lowest BCUT2D eigenvalue weighted by Crippen LogP contribution is -2.34. The molecule has 1 heteroatoms. The van der Waals surface area contributed by atoms with Crippen LogP contribution in [0.25, 0.3) is 0 Å². The van der Waals surface area contributed by atoms with Crippen LogP contribution in [-0.4, -0.2) is 11.2 Å². The van der Waals surface area contributed by atoms with Crippen molar-refractivity contribution < 1.29 is 5.11 Å². The highest BCUT2D eigenvalue weighted by Crippen LogP contribution is 2.35. The zero-order valence-electron chi connectivity index (χ0n) is 9.25. The number of rotatable bonds is 1. The third kappa shape index (κ3) is 2.57. The Balaban J connectivity index is 2.72. The van der Waals surface area contributed by atoms with Crippen LogP contribution in [0, 0.1) is 17.8 Å². The molecule has 13 heavy (non-hydrogen) atoms. The summed E-state index contributed by atoms with van der Waals surface area (Å²) in [5.74, 6) is 1.76. The molecule has 0 aliphatic heterocycles. The van der Waals surface area contributed by atoms with E-state index in [1.165, 1.54) is 12.0 Å². The van der Waals surface area contributed by atoms with Crippen molar-refractivity contribution in [3.05, 3.63) is 11.6 Å². The van der Waals surface area contributed by atoms with Crippen molar-refractivity contribution >= 4 is 0 Å². The first-order valence-electron chi connectivity index (χ1n) is 5.35. The van der Waals surface area contributed by atoms with Gasteiger partial charge in [0.2, 0.25) is 0 Å². The highest BCUT2D eigenvalue weighted by molar-refractivity contribution is 5.03. The van der Waals surface area contributed by atoms with E-state index in [-0.39, 0.29) is 6.10 Å². The average molecular weight is 182 g/mol. The molecular formula is C12H22O. The third-order valence-corrected chi connectivity index (χ3v) is 3.39. The number of allylic oxidation sites excluding steroid dienone is 1. The van der Waals surface area contributed by atoms with E-state index in [0.717, 1.165) is 12.3 Å². The first-order valence-corrected chi connectivity index (χ1v) is 5.35. The maximum Gasteiger partial charge on any atom is 0.0605 e. The summed E-state index contributed by atoms with van der Waals surface area (Å²) in [5.41, 5.74) is 1.32. The smallest absolute Gasteiger partial charge is 0.0605 e. The minimum absolute atomic E-state index is 0.110. The van der Waals surface area contributed by atoms with Crippen LogP contribution in [0.5, 0.6) is 0 Å². The molecule has 0 amide bonds. The highest BCUT2D eigenvalue weighted by atomic mass is 16.3. The summed E-state index contributed by atoms with van der Waals surface area (Å²) in [6.45, 7) is 8.77. The minimum atomic E-state index is -0.110. The van der Waals surface area contributed by atoms with Gasteiger partial charge in [-0.2, -0.15) is 0 Å². The largest absolute Gasteiger partial charge is 0.393 e. The summed E-state index contributed by atoms with van der Waals surface area (Å²) in [5, 5.41) is 9.86. The van der Waals surface area contributed by atoms with Gasteiger partial charge in [-0.25, -0.2) is 0 Å². The number of hydrogen-bond donors (Lipinski definition) is 1. The van der Waals surface area contributed by atoms with E-state index in [4.69, 9.17) is 0 Å². The Morgan fingerprint density at radius 2 is 1.85 bits per heavy atom. The SMILES string of the molecule is CC(C)=CC1C(O)CCC(C)C1C. The van der Waals surface area contributed by atoms with Crippen LogP contribution in [0.1, 0.15) is 40.5 Å². The van der Waals surface area contributed by atoms with Gasteiger partial charge in [-0.1, -0.05) is 25.5 Å². The molecule has 0 aromatic carbocycles. The van der Waals surface area contributed by atoms with Crippen LogP contribution in [0.3, 0.4) is 0 Å². The first-order chi connectivity index (χ1) is 6.02. The van der Waals surface area contributed by atoms with Gasteiger partial charge in [0.15, 0.2) is 0 Å². The lowest BCUT2D eigenvalue weighted by Gasteiger charge is -2.36. The topological polar surface area (TPSA) is 20.2 Å². The summed E-state index contributed by atoms with van der Waals surface area (Å²) in [6.07, 6.45) is 4.28. The molecule has 0 aromatic rings. The molecule has 1 aliphatic carbocycles. The van der Waals surface area contributed by atoms with Gasteiger partial charge < -0.3 is 5.11 Å². The Hall–Kier alpha value is -0.300. The van der Waals surface area contributed by atoms with Crippen LogP contribution in [0.2, 0.25) is 0 Å². The molecule has 0 heterocycles. The molecule has 1 saturated carbocycles. The number of aliphatic hydroxyl groups excluding tert-OH is 1. The Kier molecular flexibility index (Phi) is 3.55. The van der Waals surface area contributed by atoms with E-state index in [0.29, 0.717) is 11.8 Å². The van der Waals surface area contributed by atoms with Crippen molar-refractivity contribution in [2.45, 2.75) is 46.6 Å². The molecule has 1 N–H and O–H groups in total. The van der Waals surface area contributed by atoms with Gasteiger partial charge >= 0.3 is 0 Å². The molecule has 76 valence electrons. The molecule has 0 radical (unpaired) electrons. The standard InChI is InChI=1S/C12H22O/c1-8(2)7-11-10(4)9(3)5-6-12(11)13/h7,9-13H,5-6H2,1-4H3. The van der Waals surface area contributed by atoms with Gasteiger partial charge in [-0.3, -0.25) is 0 Å². The van der Waals surface area contributed by atoms with Crippen molar-refractivity contribution in [3.8, 4) is 0 Å². The van der Waals surface area contributed by atoms with Crippen LogP contribution in [-0.2, 0) is 0 Å². The highest BCUT2D eigenvalue weighted by Gasteiger charge is 2.31. The molecule has 1 aliphatic rings. The van der Waals surface area contributed by atoms with Crippen molar-refractivity contribution in [2.24, 2.45) is 17.8 Å². The van der Waals surface area contributed by atoms with Gasteiger partial charge in [-0.05, 0) is 38.5 Å². The second-order valence-electron chi connectivity index (χ2n) is 4.80. The van der Waals surface area contributed by atoms with Crippen molar-refractivity contribution in [1.29, 1.82) is 0 Å². The minimum Gasteiger partial charge on any atom is -0.393 e. The zero-order valence-corrected chi connectivity index (χ0v) is 9.25. The summed E-state index contributed by atoms with van der Waals surface area (Å²) < 4.78 is 0. The van der Waals surface area contributed by atoms with E-state index in [9.17, 15) is 5.11 Å². The van der Waals surface area contributed by atoms with E-state index >= 15 is 0 Å². The van der Waals surface area contributed by atoms with Crippen LogP contribution < -0.4 is 0 Å². The molecule has 4 atom stereocenters. The monoisotopic (exact) mass is 182 g/mol. The van der Waals surface area contributed by atoms with Crippen LogP contribution in [0.15, 0.2) is 11.6 Å². The maximum atomic E-state index is 9.86. The fraction of sp³-hybridized carbons (Fsp3) is 0.833. The summed E-state index contributed by atoms with van der Waals surface area (Å²) in [6, 6.07) is 0. The fourth-order valence-electron chi connectivity index (χ4n) is 2.27. The number of hydrogen-bond acceptors (Lipinski definition) is 1. The van der Waals surface area contributed by atoms with Crippen molar-refractivity contribution in [2.75, 3.05) is 0 Å². The molecule has 0 spiro atoms. The Bertz CT molecular complexity index is 191. The van der Waals surface area contributed by atoms with Gasteiger partial charge in [-0.15, -0.1) is 0 Å². The molecule has 0 bridgehead atoms. The molecule has 0 aromatic heterocycles. The Morgan fingerprint density at radius 3 is 2.38 bits per heavy atom. The quantitative estimate of drug-likeness (QED) is 0.618. The van der Waals surface area contributed by atoms with Gasteiger partial charge in [0.25, 0.3) is 0 Å². The molecule has 1 rings (SSSR count). The second-order valence-corrected chi connectivity index (χ2v) is 4.80. The lowest BCUT2D eigenvalue weighted by molar-refractivity contribution is 0.0375. The first kappa shape index (κ1) is 10.8. The summed E-state index contributed by atoms with van der Waals surface area (Å²) in [4.78, 5) is 0. The molecular weight excluding hydrogens is 160 g/mol. The maximum absolute atomic E-state index is 9.86. The number of aliphatic hydroxyl groups is 1. The molecule has 1 nitrogen and oxygen atoms in total. The molecule has 1 fully saturated rings. The van der Waals surface area contributed by atoms with E-state index < -0.39 is 0 Å². The van der Waals surface area contributed by atoms with Crippen LogP contribution in [0.4, 0.5) is 0 Å². The fourth-order valence-corrected chi connectivity index (χ4v) is 2.27. The normalized spacial score (nSPS) is 40.1. The summed E-state index contributed by atoms with van der Waals surface area (Å²) in [7, 11) is 0. The Morgan fingerprint density at radius 1 is 1.23 bits per heavy atom. The van der Waals surface area contributed by atoms with Gasteiger partial charge in [0.1, 0.15) is 0 Å². The molecule has 4 unspecified atom stereocenters. The second kappa shape index (κ2) is 4.28. The summed E-state index contributed by atoms with van der Waals surface area (Å²) >= 11 is 0. The van der Waals surface area contributed by atoms with Crippen molar-refractivity contribution in [1.82, 2.24) is 0 Å². The predicted octanol–water partition coefficient (Wildman–Crippen LogP) is 3.00. The van der Waals surface area contributed by atoms with Crippen LogP contribution >= 0.6 is 0 Å². The van der Waals surface area contributed by atoms with E-state index in [1.807, 2.05) is 0 Å². The molecule has 0 saturated heterocycles. The van der Waals surface area contributed by atoms with Gasteiger partial charge in [0.05, 0.1) is 6.10 Å². The van der Waals surface area contributed by atoms with Gasteiger partial charge in [0, 0.05) is 5.92 Å². The van der Waals surface area contributed by atoms with E-state index in [1.54, 1.807) is 0 Å². The predicted molar refractivity (Wildman–Crippen MR) is 56.5 cm³/mol.